The van der Waals surface area contributed by atoms with E-state index in [-0.39, 0.29) is 6.42 Å². The van der Waals surface area contributed by atoms with Crippen molar-refractivity contribution >= 4 is 40.1 Å². The molecule has 0 saturated carbocycles. The van der Waals surface area contributed by atoms with Crippen molar-refractivity contribution in [1.29, 1.82) is 0 Å². The molecule has 6 nitrogen and oxygen atoms in total. The van der Waals surface area contributed by atoms with Gasteiger partial charge < -0.3 is 10.2 Å². The monoisotopic (exact) mass is 452 g/mol. The summed E-state index contributed by atoms with van der Waals surface area (Å²) in [5.41, 5.74) is 7.75. The van der Waals surface area contributed by atoms with Gasteiger partial charge in [0.2, 0.25) is 0 Å². The molecule has 4 aromatic rings. The van der Waals surface area contributed by atoms with Gasteiger partial charge in [-0.05, 0) is 63.6 Å². The molecule has 4 rings (SSSR count). The van der Waals surface area contributed by atoms with E-state index in [1.54, 1.807) is 12.3 Å². The zero-order chi connectivity index (χ0) is 24.1. The second kappa shape index (κ2) is 10.0. The minimum absolute atomic E-state index is 0.0131. The second-order valence-electron chi connectivity index (χ2n) is 7.94. The molecule has 0 aliphatic carbocycles. The summed E-state index contributed by atoms with van der Waals surface area (Å²) in [5, 5.41) is 26.1. The normalized spacial score (nSPS) is 12.1. The second-order valence-corrected chi connectivity index (χ2v) is 7.94. The van der Waals surface area contributed by atoms with E-state index in [4.69, 9.17) is 10.2 Å². The van der Waals surface area contributed by atoms with Crippen LogP contribution in [-0.2, 0) is 16.0 Å². The first-order valence-electron chi connectivity index (χ1n) is 10.9. The number of rotatable bonds is 8. The van der Waals surface area contributed by atoms with E-state index in [0.29, 0.717) is 0 Å². The minimum atomic E-state index is -0.988. The van der Waals surface area contributed by atoms with Crippen LogP contribution in [0.25, 0.3) is 28.1 Å². The lowest BCUT2D eigenvalue weighted by Crippen LogP contribution is -2.00. The zero-order valence-electron chi connectivity index (χ0n) is 18.7. The number of H-pyrrole nitrogens is 1. The Morgan fingerprint density at radius 2 is 1.59 bits per heavy atom. The van der Waals surface area contributed by atoms with Crippen molar-refractivity contribution in [3.8, 4) is 0 Å². The summed E-state index contributed by atoms with van der Waals surface area (Å²) in [6, 6.07) is 21.6. The Kier molecular flexibility index (Phi) is 6.69. The first-order valence-corrected chi connectivity index (χ1v) is 10.9. The molecule has 0 aliphatic heterocycles. The molecule has 0 aliphatic rings. The van der Waals surface area contributed by atoms with Gasteiger partial charge in [-0.3, -0.25) is 9.89 Å². The van der Waals surface area contributed by atoms with E-state index in [1.807, 2.05) is 54.6 Å². The number of carboxylic acid groups (broad SMARTS) is 2. The number of hydrogen-bond donors (Lipinski definition) is 3. The molecule has 0 saturated heterocycles. The van der Waals surface area contributed by atoms with E-state index in [2.05, 4.69) is 29.3 Å². The van der Waals surface area contributed by atoms with Gasteiger partial charge in [0.1, 0.15) is 0 Å². The standard InChI is InChI=1S/C28H24N2O4/c1-2-24(20-8-5-19(6-9-20)15-27(33)34)28(22-12-13-25-23(16-22)17-29-30-25)21-10-3-18(4-11-21)7-14-26(31)32/h3-14,16-17H,2,15H2,1H3,(H,29,30)(H,31,32)(H,33,34). The highest BCUT2D eigenvalue weighted by molar-refractivity contribution is 6.00. The Bertz CT molecular complexity index is 1390. The van der Waals surface area contributed by atoms with Crippen LogP contribution in [0.2, 0.25) is 0 Å². The Morgan fingerprint density at radius 1 is 0.912 bits per heavy atom. The van der Waals surface area contributed by atoms with Crippen molar-refractivity contribution in [3.63, 3.8) is 0 Å². The highest BCUT2D eigenvalue weighted by atomic mass is 16.4. The number of benzene rings is 3. The first-order chi connectivity index (χ1) is 16.4. The average molecular weight is 453 g/mol. The summed E-state index contributed by atoms with van der Waals surface area (Å²) < 4.78 is 0. The molecule has 1 heterocycles. The van der Waals surface area contributed by atoms with Crippen LogP contribution in [0.4, 0.5) is 0 Å². The fourth-order valence-electron chi connectivity index (χ4n) is 4.07. The molecule has 0 spiro atoms. The SMILES string of the molecule is CCC(=C(c1ccc(C=CC(=O)O)cc1)c1ccc2[nH]ncc2c1)c1ccc(CC(=O)O)cc1. The van der Waals surface area contributed by atoms with Crippen LogP contribution < -0.4 is 0 Å². The number of hydrogen-bond acceptors (Lipinski definition) is 3. The van der Waals surface area contributed by atoms with Crippen LogP contribution in [0.5, 0.6) is 0 Å². The predicted molar refractivity (Wildman–Crippen MR) is 133 cm³/mol. The van der Waals surface area contributed by atoms with Crippen LogP contribution in [0.15, 0.2) is 79.0 Å². The number of nitrogens with one attached hydrogen (secondary N) is 1. The fraction of sp³-hybridized carbons (Fsp3) is 0.107. The number of aliphatic carboxylic acids is 2. The van der Waals surface area contributed by atoms with Gasteiger partial charge in [0.15, 0.2) is 0 Å². The van der Waals surface area contributed by atoms with Gasteiger partial charge >= 0.3 is 11.9 Å². The molecular formula is C28H24N2O4. The van der Waals surface area contributed by atoms with Crippen LogP contribution in [0, 0.1) is 0 Å². The summed E-state index contributed by atoms with van der Waals surface area (Å²) in [6.45, 7) is 2.10. The molecule has 170 valence electrons. The number of fused-ring (bicyclic) bond motifs is 1. The van der Waals surface area contributed by atoms with Crippen molar-refractivity contribution in [2.45, 2.75) is 19.8 Å². The van der Waals surface area contributed by atoms with Crippen molar-refractivity contribution in [1.82, 2.24) is 10.2 Å². The van der Waals surface area contributed by atoms with Crippen LogP contribution in [-0.4, -0.2) is 32.3 Å². The Hall–Kier alpha value is -4.45. The molecule has 3 N–H and O–H groups in total. The molecule has 0 atom stereocenters. The Labute approximate surface area is 196 Å². The van der Waals surface area contributed by atoms with Crippen LogP contribution in [0.1, 0.15) is 41.2 Å². The van der Waals surface area contributed by atoms with Crippen molar-refractivity contribution < 1.29 is 19.8 Å². The number of carboxylic acids is 2. The molecule has 1 aromatic heterocycles. The molecule has 3 aromatic carbocycles. The number of aromatic amines is 1. The highest BCUT2D eigenvalue weighted by Crippen LogP contribution is 2.35. The Balaban J connectivity index is 1.86. The van der Waals surface area contributed by atoms with Gasteiger partial charge in [-0.2, -0.15) is 5.10 Å². The van der Waals surface area contributed by atoms with E-state index in [9.17, 15) is 9.59 Å². The molecule has 0 unspecified atom stereocenters. The third-order valence-corrected chi connectivity index (χ3v) is 5.66. The van der Waals surface area contributed by atoms with Gasteiger partial charge in [-0.1, -0.05) is 61.5 Å². The van der Waals surface area contributed by atoms with Crippen molar-refractivity contribution in [2.24, 2.45) is 0 Å². The van der Waals surface area contributed by atoms with Gasteiger partial charge in [0.05, 0.1) is 18.1 Å². The van der Waals surface area contributed by atoms with Crippen molar-refractivity contribution in [2.75, 3.05) is 0 Å². The third-order valence-electron chi connectivity index (χ3n) is 5.66. The van der Waals surface area contributed by atoms with Gasteiger partial charge in [0.25, 0.3) is 0 Å². The highest BCUT2D eigenvalue weighted by Gasteiger charge is 2.14. The fourth-order valence-corrected chi connectivity index (χ4v) is 4.07. The number of nitrogens with zero attached hydrogens (tertiary/aromatic N) is 1. The van der Waals surface area contributed by atoms with E-state index >= 15 is 0 Å². The van der Waals surface area contributed by atoms with E-state index < -0.39 is 11.9 Å². The summed E-state index contributed by atoms with van der Waals surface area (Å²) in [4.78, 5) is 21.9. The molecule has 0 bridgehead atoms. The predicted octanol–water partition coefficient (Wildman–Crippen LogP) is 5.66. The number of allylic oxidation sites excluding steroid dienone is 1. The number of aromatic nitrogens is 2. The quantitative estimate of drug-likeness (QED) is 0.237. The van der Waals surface area contributed by atoms with Gasteiger partial charge in [-0.15, -0.1) is 0 Å². The molecule has 0 amide bonds. The van der Waals surface area contributed by atoms with Gasteiger partial charge in [-0.25, -0.2) is 4.79 Å². The first kappa shape index (κ1) is 22.7. The topological polar surface area (TPSA) is 103 Å². The summed E-state index contributed by atoms with van der Waals surface area (Å²) in [7, 11) is 0. The Morgan fingerprint density at radius 3 is 2.24 bits per heavy atom. The molecular weight excluding hydrogens is 428 g/mol. The molecule has 6 heteroatoms. The van der Waals surface area contributed by atoms with Crippen molar-refractivity contribution in [3.05, 3.63) is 107 Å². The third kappa shape index (κ3) is 5.13. The van der Waals surface area contributed by atoms with E-state index in [0.717, 1.165) is 62.4 Å². The lowest BCUT2D eigenvalue weighted by molar-refractivity contribution is -0.136. The largest absolute Gasteiger partial charge is 0.481 e. The molecule has 0 fully saturated rings. The smallest absolute Gasteiger partial charge is 0.328 e. The van der Waals surface area contributed by atoms with Gasteiger partial charge in [0, 0.05) is 11.5 Å². The lowest BCUT2D eigenvalue weighted by Gasteiger charge is -2.17. The lowest BCUT2D eigenvalue weighted by atomic mass is 9.87. The summed E-state index contributed by atoms with van der Waals surface area (Å²) >= 11 is 0. The average Bonchev–Trinajstić information content (AvgIpc) is 3.30. The van der Waals surface area contributed by atoms with Crippen LogP contribution in [0.3, 0.4) is 0 Å². The maximum absolute atomic E-state index is 11.1. The number of carbonyl (C=O) groups is 2. The maximum atomic E-state index is 11.1. The maximum Gasteiger partial charge on any atom is 0.328 e. The summed E-state index contributed by atoms with van der Waals surface area (Å²) in [6.07, 6.45) is 5.23. The minimum Gasteiger partial charge on any atom is -0.481 e. The van der Waals surface area contributed by atoms with Crippen LogP contribution >= 0.6 is 0 Å². The van der Waals surface area contributed by atoms with E-state index in [1.165, 1.54) is 0 Å². The molecule has 34 heavy (non-hydrogen) atoms. The molecule has 0 radical (unpaired) electrons. The zero-order valence-corrected chi connectivity index (χ0v) is 18.7. The summed E-state index contributed by atoms with van der Waals surface area (Å²) in [5.74, 6) is -1.84.